The van der Waals surface area contributed by atoms with Crippen LogP contribution in [0.5, 0.6) is 0 Å². The second-order valence-corrected chi connectivity index (χ2v) is 5.46. The Kier molecular flexibility index (Phi) is 3.64. The van der Waals surface area contributed by atoms with Crippen molar-refractivity contribution >= 4 is 22.8 Å². The number of amides is 1. The van der Waals surface area contributed by atoms with Crippen molar-refractivity contribution in [2.45, 2.75) is 25.8 Å². The van der Waals surface area contributed by atoms with E-state index in [1.54, 1.807) is 18.2 Å². The summed E-state index contributed by atoms with van der Waals surface area (Å²) in [4.78, 5) is 25.2. The van der Waals surface area contributed by atoms with E-state index in [0.717, 1.165) is 36.8 Å². The van der Waals surface area contributed by atoms with Gasteiger partial charge in [-0.25, -0.2) is 4.79 Å². The lowest BCUT2D eigenvalue weighted by molar-refractivity contribution is -0.132. The predicted molar refractivity (Wildman–Crippen MR) is 79.3 cm³/mol. The van der Waals surface area contributed by atoms with E-state index < -0.39 is 5.97 Å². The summed E-state index contributed by atoms with van der Waals surface area (Å²) in [6, 6.07) is 6.83. The van der Waals surface area contributed by atoms with E-state index in [9.17, 15) is 9.59 Å². The summed E-state index contributed by atoms with van der Waals surface area (Å²) in [5.74, 6) is -0.802. The molecular weight excluding hydrogens is 268 g/mol. The normalized spacial score (nSPS) is 15.3. The van der Waals surface area contributed by atoms with Crippen LogP contribution in [-0.4, -0.2) is 39.5 Å². The first-order valence-electron chi connectivity index (χ1n) is 7.25. The molecule has 5 nitrogen and oxygen atoms in total. The molecule has 0 atom stereocenters. The number of aromatic nitrogens is 1. The molecular formula is C16H18N2O3. The third-order valence-corrected chi connectivity index (χ3v) is 4.03. The lowest BCUT2D eigenvalue weighted by atomic mass is 10.1. The molecule has 3 rings (SSSR count). The Morgan fingerprint density at radius 1 is 1.10 bits per heavy atom. The fourth-order valence-corrected chi connectivity index (χ4v) is 2.86. The third-order valence-electron chi connectivity index (χ3n) is 4.03. The maximum Gasteiger partial charge on any atom is 0.335 e. The molecule has 2 heterocycles. The predicted octanol–water partition coefficient (Wildman–Crippen LogP) is 2.35. The molecule has 21 heavy (non-hydrogen) atoms. The molecule has 0 radical (unpaired) electrons. The average Bonchev–Trinajstić information content (AvgIpc) is 2.90. The van der Waals surface area contributed by atoms with Crippen molar-refractivity contribution in [1.29, 1.82) is 0 Å². The zero-order valence-corrected chi connectivity index (χ0v) is 11.8. The number of carbonyl (C=O) groups is 2. The van der Waals surface area contributed by atoms with Gasteiger partial charge in [0.1, 0.15) is 6.54 Å². The molecule has 1 aromatic carbocycles. The van der Waals surface area contributed by atoms with E-state index >= 15 is 0 Å². The fourth-order valence-electron chi connectivity index (χ4n) is 2.86. The van der Waals surface area contributed by atoms with Crippen molar-refractivity contribution in [1.82, 2.24) is 9.47 Å². The van der Waals surface area contributed by atoms with E-state index in [1.807, 2.05) is 21.7 Å². The molecule has 1 aliphatic heterocycles. The van der Waals surface area contributed by atoms with Crippen LogP contribution in [0.3, 0.4) is 0 Å². The summed E-state index contributed by atoms with van der Waals surface area (Å²) in [5, 5.41) is 9.85. The number of carbonyl (C=O) groups excluding carboxylic acids is 1. The second kappa shape index (κ2) is 5.60. The van der Waals surface area contributed by atoms with Gasteiger partial charge in [0, 0.05) is 30.2 Å². The molecule has 1 N–H and O–H groups in total. The molecule has 1 aliphatic rings. The molecule has 1 aromatic heterocycles. The maximum absolute atomic E-state index is 12.3. The number of likely N-dealkylation sites (tertiary alicyclic amines) is 1. The highest BCUT2D eigenvalue weighted by atomic mass is 16.4. The van der Waals surface area contributed by atoms with Crippen LogP contribution in [0, 0.1) is 0 Å². The summed E-state index contributed by atoms with van der Waals surface area (Å²) >= 11 is 0. The molecule has 0 aliphatic carbocycles. The summed E-state index contributed by atoms with van der Waals surface area (Å²) in [7, 11) is 0. The number of piperidine rings is 1. The Morgan fingerprint density at radius 3 is 2.57 bits per heavy atom. The van der Waals surface area contributed by atoms with Crippen molar-refractivity contribution in [2.75, 3.05) is 13.1 Å². The first kappa shape index (κ1) is 13.7. The molecule has 1 amide bonds. The highest BCUT2D eigenvalue weighted by molar-refractivity contribution is 5.94. The van der Waals surface area contributed by atoms with Crippen molar-refractivity contribution in [2.24, 2.45) is 0 Å². The van der Waals surface area contributed by atoms with Crippen LogP contribution in [0.15, 0.2) is 30.5 Å². The molecule has 0 spiro atoms. The van der Waals surface area contributed by atoms with Gasteiger partial charge >= 0.3 is 5.97 Å². The third kappa shape index (κ3) is 2.77. The number of rotatable bonds is 3. The Balaban J connectivity index is 1.80. The lowest BCUT2D eigenvalue weighted by Gasteiger charge is -2.27. The van der Waals surface area contributed by atoms with Gasteiger partial charge in [0.2, 0.25) is 5.91 Å². The number of hydrogen-bond acceptors (Lipinski definition) is 2. The Bertz CT molecular complexity index is 684. The van der Waals surface area contributed by atoms with Crippen LogP contribution in [0.4, 0.5) is 0 Å². The number of hydrogen-bond donors (Lipinski definition) is 1. The number of fused-ring (bicyclic) bond motifs is 1. The van der Waals surface area contributed by atoms with Gasteiger partial charge in [0.05, 0.1) is 5.56 Å². The Morgan fingerprint density at radius 2 is 1.86 bits per heavy atom. The summed E-state index contributed by atoms with van der Waals surface area (Å²) in [6.45, 7) is 2.01. The van der Waals surface area contributed by atoms with Crippen molar-refractivity contribution in [3.05, 3.63) is 36.0 Å². The molecule has 2 aromatic rings. The van der Waals surface area contributed by atoms with Crippen molar-refractivity contribution in [3.63, 3.8) is 0 Å². The number of carboxylic acid groups (broad SMARTS) is 1. The molecule has 1 fully saturated rings. The standard InChI is InChI=1S/C16H18N2O3/c19-15(17-7-2-1-3-8-17)11-18-9-6-12-10-13(16(20)21)4-5-14(12)18/h4-6,9-10H,1-3,7-8,11H2,(H,20,21). The van der Waals surface area contributed by atoms with Gasteiger partial charge in [-0.05, 0) is 43.5 Å². The summed E-state index contributed by atoms with van der Waals surface area (Å²) in [5.41, 5.74) is 1.16. The molecule has 0 unspecified atom stereocenters. The largest absolute Gasteiger partial charge is 0.478 e. The van der Waals surface area contributed by atoms with Crippen LogP contribution in [0.25, 0.3) is 10.9 Å². The topological polar surface area (TPSA) is 62.5 Å². The van der Waals surface area contributed by atoms with Crippen molar-refractivity contribution in [3.8, 4) is 0 Å². The average molecular weight is 286 g/mol. The SMILES string of the molecule is O=C(O)c1ccc2c(ccn2CC(=O)N2CCCCC2)c1. The molecule has 110 valence electrons. The highest BCUT2D eigenvalue weighted by Crippen LogP contribution is 2.18. The zero-order valence-electron chi connectivity index (χ0n) is 11.8. The Hall–Kier alpha value is -2.30. The minimum atomic E-state index is -0.936. The second-order valence-electron chi connectivity index (χ2n) is 5.46. The quantitative estimate of drug-likeness (QED) is 0.942. The number of nitrogens with zero attached hydrogens (tertiary/aromatic N) is 2. The maximum atomic E-state index is 12.3. The minimum absolute atomic E-state index is 0.134. The fraction of sp³-hybridized carbons (Fsp3) is 0.375. The Labute approximate surface area is 122 Å². The van der Waals surface area contributed by atoms with Crippen LogP contribution >= 0.6 is 0 Å². The van der Waals surface area contributed by atoms with E-state index in [0.29, 0.717) is 6.54 Å². The lowest BCUT2D eigenvalue weighted by Crippen LogP contribution is -2.37. The first-order valence-corrected chi connectivity index (χ1v) is 7.25. The van der Waals surface area contributed by atoms with Crippen LogP contribution in [0.2, 0.25) is 0 Å². The summed E-state index contributed by atoms with van der Waals surface area (Å²) in [6.07, 6.45) is 5.21. The van der Waals surface area contributed by atoms with Gasteiger partial charge in [-0.3, -0.25) is 4.79 Å². The number of benzene rings is 1. The van der Waals surface area contributed by atoms with Gasteiger partial charge in [0.15, 0.2) is 0 Å². The smallest absolute Gasteiger partial charge is 0.335 e. The van der Waals surface area contributed by atoms with Gasteiger partial charge in [0.25, 0.3) is 0 Å². The van der Waals surface area contributed by atoms with Gasteiger partial charge < -0.3 is 14.6 Å². The van der Waals surface area contributed by atoms with E-state index in [2.05, 4.69) is 0 Å². The monoisotopic (exact) mass is 286 g/mol. The molecule has 0 bridgehead atoms. The van der Waals surface area contributed by atoms with E-state index in [1.165, 1.54) is 6.42 Å². The molecule has 1 saturated heterocycles. The van der Waals surface area contributed by atoms with Crippen molar-refractivity contribution < 1.29 is 14.7 Å². The highest BCUT2D eigenvalue weighted by Gasteiger charge is 2.17. The first-order chi connectivity index (χ1) is 10.1. The van der Waals surface area contributed by atoms with Crippen LogP contribution in [0.1, 0.15) is 29.6 Å². The number of aromatic carboxylic acids is 1. The van der Waals surface area contributed by atoms with Gasteiger partial charge in [-0.2, -0.15) is 0 Å². The van der Waals surface area contributed by atoms with E-state index in [-0.39, 0.29) is 11.5 Å². The molecule has 5 heteroatoms. The van der Waals surface area contributed by atoms with Gasteiger partial charge in [-0.15, -0.1) is 0 Å². The van der Waals surface area contributed by atoms with E-state index in [4.69, 9.17) is 5.11 Å². The minimum Gasteiger partial charge on any atom is -0.478 e. The van der Waals surface area contributed by atoms with Gasteiger partial charge in [-0.1, -0.05) is 0 Å². The zero-order chi connectivity index (χ0) is 14.8. The summed E-state index contributed by atoms with van der Waals surface area (Å²) < 4.78 is 1.89. The number of carboxylic acids is 1. The van der Waals surface area contributed by atoms with Crippen LogP contribution in [-0.2, 0) is 11.3 Å². The molecule has 0 saturated carbocycles. The van der Waals surface area contributed by atoms with Crippen LogP contribution < -0.4 is 0 Å².